The number of rotatable bonds is 7. The van der Waals surface area contributed by atoms with Crippen LogP contribution in [0, 0.1) is 26.7 Å². The van der Waals surface area contributed by atoms with Gasteiger partial charge in [0, 0.05) is 6.04 Å². The molecule has 124 valence electrons. The van der Waals surface area contributed by atoms with Gasteiger partial charge in [0.1, 0.15) is 6.61 Å². The molecule has 0 unspecified atom stereocenters. The average molecular weight is 305 g/mol. The SMILES string of the molecule is CCN(CC)[C@H](COC(=O)c1c(C)cc(C)cc1C)C(C)C. The van der Waals surface area contributed by atoms with E-state index >= 15 is 0 Å². The summed E-state index contributed by atoms with van der Waals surface area (Å²) in [4.78, 5) is 14.8. The monoisotopic (exact) mass is 305 g/mol. The summed E-state index contributed by atoms with van der Waals surface area (Å²) in [5.74, 6) is 0.251. The minimum absolute atomic E-state index is 0.201. The van der Waals surface area contributed by atoms with E-state index < -0.39 is 0 Å². The van der Waals surface area contributed by atoms with E-state index in [1.165, 1.54) is 5.56 Å². The molecule has 0 bridgehead atoms. The van der Waals surface area contributed by atoms with Crippen molar-refractivity contribution >= 4 is 5.97 Å². The van der Waals surface area contributed by atoms with Crippen molar-refractivity contribution in [2.45, 2.75) is 54.5 Å². The number of esters is 1. The van der Waals surface area contributed by atoms with Crippen LogP contribution < -0.4 is 0 Å². The van der Waals surface area contributed by atoms with Gasteiger partial charge in [0.15, 0.2) is 0 Å². The molecule has 1 atom stereocenters. The van der Waals surface area contributed by atoms with Crippen molar-refractivity contribution in [1.29, 1.82) is 0 Å². The fourth-order valence-electron chi connectivity index (χ4n) is 3.15. The van der Waals surface area contributed by atoms with Crippen molar-refractivity contribution in [3.05, 3.63) is 34.4 Å². The second kappa shape index (κ2) is 8.33. The molecule has 0 aliphatic carbocycles. The molecule has 0 aliphatic rings. The van der Waals surface area contributed by atoms with Crippen LogP contribution in [0.2, 0.25) is 0 Å². The van der Waals surface area contributed by atoms with Gasteiger partial charge in [-0.1, -0.05) is 45.4 Å². The molecule has 0 radical (unpaired) electrons. The van der Waals surface area contributed by atoms with Crippen LogP contribution in [0.3, 0.4) is 0 Å². The topological polar surface area (TPSA) is 29.5 Å². The van der Waals surface area contributed by atoms with Crippen LogP contribution in [0.5, 0.6) is 0 Å². The number of carbonyl (C=O) groups is 1. The van der Waals surface area contributed by atoms with E-state index in [0.717, 1.165) is 24.2 Å². The lowest BCUT2D eigenvalue weighted by atomic mass is 10.00. The molecule has 3 heteroatoms. The van der Waals surface area contributed by atoms with Crippen molar-refractivity contribution in [2.24, 2.45) is 5.92 Å². The van der Waals surface area contributed by atoms with Gasteiger partial charge in [0.25, 0.3) is 0 Å². The zero-order valence-electron chi connectivity index (χ0n) is 15.2. The second-order valence-corrected chi connectivity index (χ2v) is 6.40. The molecular formula is C19H31NO2. The molecule has 0 amide bonds. The molecule has 0 spiro atoms. The Morgan fingerprint density at radius 3 is 2.00 bits per heavy atom. The number of benzene rings is 1. The molecule has 0 aliphatic heterocycles. The van der Waals surface area contributed by atoms with Crippen molar-refractivity contribution in [2.75, 3.05) is 19.7 Å². The number of aryl methyl sites for hydroxylation is 3. The summed E-state index contributed by atoms with van der Waals surface area (Å²) in [6, 6.07) is 4.34. The Balaban J connectivity index is 2.84. The Morgan fingerprint density at radius 1 is 1.09 bits per heavy atom. The van der Waals surface area contributed by atoms with Crippen molar-refractivity contribution < 1.29 is 9.53 Å². The first-order valence-corrected chi connectivity index (χ1v) is 8.30. The minimum Gasteiger partial charge on any atom is -0.460 e. The number of hydrogen-bond donors (Lipinski definition) is 0. The minimum atomic E-state index is -0.201. The molecule has 1 aromatic rings. The quantitative estimate of drug-likeness (QED) is 0.709. The third-order valence-electron chi connectivity index (χ3n) is 4.32. The van der Waals surface area contributed by atoms with Crippen LogP contribution in [-0.2, 0) is 4.74 Å². The molecule has 0 heterocycles. The van der Waals surface area contributed by atoms with Crippen molar-refractivity contribution in [1.82, 2.24) is 4.90 Å². The summed E-state index contributed by atoms with van der Waals surface area (Å²) in [6.45, 7) is 17.0. The average Bonchev–Trinajstić information content (AvgIpc) is 2.41. The highest BCUT2D eigenvalue weighted by Gasteiger charge is 2.22. The maximum absolute atomic E-state index is 12.5. The van der Waals surface area contributed by atoms with Crippen molar-refractivity contribution in [3.63, 3.8) is 0 Å². The van der Waals surface area contributed by atoms with E-state index in [9.17, 15) is 4.79 Å². The Bertz CT molecular complexity index is 481. The smallest absolute Gasteiger partial charge is 0.338 e. The van der Waals surface area contributed by atoms with Crippen LogP contribution in [-0.4, -0.2) is 36.6 Å². The van der Waals surface area contributed by atoms with E-state index in [1.54, 1.807) is 0 Å². The van der Waals surface area contributed by atoms with E-state index in [4.69, 9.17) is 4.74 Å². The fraction of sp³-hybridized carbons (Fsp3) is 0.632. The van der Waals surface area contributed by atoms with Gasteiger partial charge in [-0.15, -0.1) is 0 Å². The second-order valence-electron chi connectivity index (χ2n) is 6.40. The lowest BCUT2D eigenvalue weighted by molar-refractivity contribution is 0.0289. The van der Waals surface area contributed by atoms with Crippen LogP contribution in [0.25, 0.3) is 0 Å². The van der Waals surface area contributed by atoms with Gasteiger partial charge in [-0.3, -0.25) is 4.90 Å². The van der Waals surface area contributed by atoms with E-state index in [0.29, 0.717) is 18.1 Å². The zero-order chi connectivity index (χ0) is 16.9. The van der Waals surface area contributed by atoms with Gasteiger partial charge in [-0.25, -0.2) is 4.79 Å². The number of ether oxygens (including phenoxy) is 1. The largest absolute Gasteiger partial charge is 0.460 e. The Labute approximate surface area is 135 Å². The molecule has 1 aromatic carbocycles. The highest BCUT2D eigenvalue weighted by atomic mass is 16.5. The van der Waals surface area contributed by atoms with Crippen LogP contribution in [0.1, 0.15) is 54.7 Å². The Kier molecular flexibility index (Phi) is 7.08. The number of nitrogens with zero attached hydrogens (tertiary/aromatic N) is 1. The Morgan fingerprint density at radius 2 is 1.59 bits per heavy atom. The van der Waals surface area contributed by atoms with Crippen molar-refractivity contribution in [3.8, 4) is 0 Å². The lowest BCUT2D eigenvalue weighted by Gasteiger charge is -2.32. The maximum atomic E-state index is 12.5. The van der Waals surface area contributed by atoms with Gasteiger partial charge in [-0.2, -0.15) is 0 Å². The number of carbonyl (C=O) groups excluding carboxylic acids is 1. The first-order chi connectivity index (χ1) is 10.3. The predicted molar refractivity (Wildman–Crippen MR) is 92.5 cm³/mol. The first kappa shape index (κ1) is 18.7. The lowest BCUT2D eigenvalue weighted by Crippen LogP contribution is -2.42. The molecule has 0 aromatic heterocycles. The molecule has 0 fully saturated rings. The molecular weight excluding hydrogens is 274 g/mol. The molecule has 3 nitrogen and oxygen atoms in total. The summed E-state index contributed by atoms with van der Waals surface area (Å²) < 4.78 is 5.66. The molecule has 0 N–H and O–H groups in total. The van der Waals surface area contributed by atoms with Gasteiger partial charge in [-0.05, 0) is 50.9 Å². The molecule has 22 heavy (non-hydrogen) atoms. The third kappa shape index (κ3) is 4.57. The molecule has 0 saturated carbocycles. The summed E-state index contributed by atoms with van der Waals surface area (Å²) in [5, 5.41) is 0. The Hall–Kier alpha value is -1.35. The summed E-state index contributed by atoms with van der Waals surface area (Å²) in [5.41, 5.74) is 3.88. The van der Waals surface area contributed by atoms with E-state index in [2.05, 4.69) is 32.6 Å². The number of hydrogen-bond acceptors (Lipinski definition) is 3. The van der Waals surface area contributed by atoms with Gasteiger partial charge >= 0.3 is 5.97 Å². The van der Waals surface area contributed by atoms with E-state index in [-0.39, 0.29) is 12.0 Å². The predicted octanol–water partition coefficient (Wildman–Crippen LogP) is 4.14. The molecule has 0 saturated heterocycles. The fourth-order valence-corrected chi connectivity index (χ4v) is 3.15. The number of likely N-dealkylation sites (N-methyl/N-ethyl adjacent to an activating group) is 1. The van der Waals surface area contributed by atoms with Crippen LogP contribution >= 0.6 is 0 Å². The van der Waals surface area contributed by atoms with Crippen LogP contribution in [0.15, 0.2) is 12.1 Å². The highest BCUT2D eigenvalue weighted by molar-refractivity contribution is 5.92. The van der Waals surface area contributed by atoms with Gasteiger partial charge in [0.05, 0.1) is 5.56 Å². The summed E-state index contributed by atoms with van der Waals surface area (Å²) >= 11 is 0. The van der Waals surface area contributed by atoms with Gasteiger partial charge in [0.2, 0.25) is 0 Å². The molecule has 1 rings (SSSR count). The zero-order valence-corrected chi connectivity index (χ0v) is 15.2. The van der Waals surface area contributed by atoms with Gasteiger partial charge < -0.3 is 4.74 Å². The van der Waals surface area contributed by atoms with E-state index in [1.807, 2.05) is 32.9 Å². The first-order valence-electron chi connectivity index (χ1n) is 8.30. The highest BCUT2D eigenvalue weighted by Crippen LogP contribution is 2.18. The third-order valence-corrected chi connectivity index (χ3v) is 4.32. The summed E-state index contributed by atoms with van der Waals surface area (Å²) in [7, 11) is 0. The summed E-state index contributed by atoms with van der Waals surface area (Å²) in [6.07, 6.45) is 0. The maximum Gasteiger partial charge on any atom is 0.338 e. The normalized spacial score (nSPS) is 12.8. The van der Waals surface area contributed by atoms with Crippen LogP contribution in [0.4, 0.5) is 0 Å². The standard InChI is InChI=1S/C19H31NO2/c1-8-20(9-2)17(13(3)4)12-22-19(21)18-15(6)10-14(5)11-16(18)7/h10-11,13,17H,8-9,12H2,1-7H3/t17-/m1/s1.